The van der Waals surface area contributed by atoms with Gasteiger partial charge in [0.1, 0.15) is 0 Å². The Labute approximate surface area is 78.2 Å². The van der Waals surface area contributed by atoms with Gasteiger partial charge in [0.2, 0.25) is 0 Å². The van der Waals surface area contributed by atoms with Crippen LogP contribution < -0.4 is 0 Å². The highest BCUT2D eigenvalue weighted by Crippen LogP contribution is 2.21. The number of H-pyrrole nitrogens is 1. The summed E-state index contributed by atoms with van der Waals surface area (Å²) in [5, 5.41) is 9.81. The predicted octanol–water partition coefficient (Wildman–Crippen LogP) is 2.26. The van der Waals surface area contributed by atoms with E-state index in [1.54, 1.807) is 23.1 Å². The Balaban J connectivity index is 2.35. The van der Waals surface area contributed by atoms with Crippen molar-refractivity contribution in [1.29, 1.82) is 0 Å². The van der Waals surface area contributed by atoms with Crippen LogP contribution in [-0.4, -0.2) is 21.4 Å². The maximum absolute atomic E-state index is 4.28. The normalized spacial score (nSPS) is 10.4. The molecule has 0 unspecified atom stereocenters. The molecule has 0 bridgehead atoms. The van der Waals surface area contributed by atoms with E-state index in [1.807, 2.05) is 23.8 Å². The number of nitrogens with zero attached hydrogens (tertiary/aromatic N) is 2. The molecule has 0 atom stereocenters. The smallest absolute Gasteiger partial charge is 0.191 e. The molecule has 0 fully saturated rings. The first-order chi connectivity index (χ1) is 5.90. The summed E-state index contributed by atoms with van der Waals surface area (Å²) in [7, 11) is 0. The predicted molar refractivity (Wildman–Crippen MR) is 51.5 cm³/mol. The number of aromatic amines is 1. The van der Waals surface area contributed by atoms with Crippen LogP contribution in [0.3, 0.4) is 0 Å². The Morgan fingerprint density at radius 2 is 2.50 bits per heavy atom. The van der Waals surface area contributed by atoms with Crippen LogP contribution >= 0.6 is 23.1 Å². The lowest BCUT2D eigenvalue weighted by molar-refractivity contribution is 0.977. The Morgan fingerprint density at radius 3 is 3.08 bits per heavy atom. The minimum absolute atomic E-state index is 0.786. The van der Waals surface area contributed by atoms with E-state index in [0.29, 0.717) is 0 Å². The van der Waals surface area contributed by atoms with Crippen molar-refractivity contribution in [3.05, 3.63) is 17.5 Å². The molecule has 62 valence electrons. The third kappa shape index (κ3) is 1.37. The molecule has 2 aromatic rings. The fourth-order valence-corrected chi connectivity index (χ4v) is 1.83. The Hall–Kier alpha value is -0.810. The maximum atomic E-state index is 4.28. The zero-order valence-corrected chi connectivity index (χ0v) is 8.08. The molecule has 0 saturated heterocycles. The summed E-state index contributed by atoms with van der Waals surface area (Å²) in [6, 6.07) is 4.01. The van der Waals surface area contributed by atoms with Crippen molar-refractivity contribution in [2.75, 3.05) is 6.26 Å². The highest BCUT2D eigenvalue weighted by atomic mass is 32.2. The van der Waals surface area contributed by atoms with E-state index in [9.17, 15) is 0 Å². The van der Waals surface area contributed by atoms with Crippen LogP contribution in [0.1, 0.15) is 0 Å². The zero-order chi connectivity index (χ0) is 8.39. The SMILES string of the molecule is CSc1nc(-c2cccs2)n[nH]1. The van der Waals surface area contributed by atoms with E-state index in [0.717, 1.165) is 15.9 Å². The molecular weight excluding hydrogens is 190 g/mol. The van der Waals surface area contributed by atoms with Crippen molar-refractivity contribution in [2.24, 2.45) is 0 Å². The minimum atomic E-state index is 0.786. The quantitative estimate of drug-likeness (QED) is 0.751. The van der Waals surface area contributed by atoms with Gasteiger partial charge in [0.15, 0.2) is 11.0 Å². The van der Waals surface area contributed by atoms with Crippen molar-refractivity contribution < 1.29 is 0 Å². The first kappa shape index (κ1) is 7.82. The lowest BCUT2D eigenvalue weighted by Crippen LogP contribution is -1.73. The topological polar surface area (TPSA) is 41.6 Å². The standard InChI is InChI=1S/C7H7N3S2/c1-11-7-8-6(9-10-7)5-3-2-4-12-5/h2-4H,1H3,(H,8,9,10). The summed E-state index contributed by atoms with van der Waals surface area (Å²) in [4.78, 5) is 5.38. The lowest BCUT2D eigenvalue weighted by Gasteiger charge is -1.83. The Bertz CT molecular complexity index is 352. The van der Waals surface area contributed by atoms with Gasteiger partial charge in [-0.25, -0.2) is 4.98 Å². The lowest BCUT2D eigenvalue weighted by atomic mass is 10.4. The van der Waals surface area contributed by atoms with Gasteiger partial charge in [-0.15, -0.1) is 11.3 Å². The van der Waals surface area contributed by atoms with Crippen LogP contribution in [0.2, 0.25) is 0 Å². The van der Waals surface area contributed by atoms with Crippen molar-refractivity contribution >= 4 is 23.1 Å². The molecule has 0 aromatic carbocycles. The largest absolute Gasteiger partial charge is 0.254 e. The molecule has 0 aliphatic rings. The number of aromatic nitrogens is 3. The first-order valence-corrected chi connectivity index (χ1v) is 5.51. The zero-order valence-electron chi connectivity index (χ0n) is 6.44. The number of hydrogen-bond acceptors (Lipinski definition) is 4. The van der Waals surface area contributed by atoms with Crippen LogP contribution in [-0.2, 0) is 0 Å². The maximum Gasteiger partial charge on any atom is 0.191 e. The summed E-state index contributed by atoms with van der Waals surface area (Å²) in [6.07, 6.45) is 1.97. The fraction of sp³-hybridized carbons (Fsp3) is 0.143. The molecule has 0 radical (unpaired) electrons. The van der Waals surface area contributed by atoms with Crippen molar-refractivity contribution in [2.45, 2.75) is 5.16 Å². The number of thioether (sulfide) groups is 1. The van der Waals surface area contributed by atoms with Crippen molar-refractivity contribution in [3.63, 3.8) is 0 Å². The Morgan fingerprint density at radius 1 is 1.58 bits per heavy atom. The first-order valence-electron chi connectivity index (χ1n) is 3.40. The van der Waals surface area contributed by atoms with Crippen molar-refractivity contribution in [3.8, 4) is 10.7 Å². The van der Waals surface area contributed by atoms with E-state index in [4.69, 9.17) is 0 Å². The second kappa shape index (κ2) is 3.28. The van der Waals surface area contributed by atoms with Gasteiger partial charge in [-0.3, -0.25) is 5.10 Å². The Kier molecular flexibility index (Phi) is 2.14. The average Bonchev–Trinajstić information content (AvgIpc) is 2.75. The molecule has 0 aliphatic heterocycles. The minimum Gasteiger partial charge on any atom is -0.254 e. The molecule has 5 heteroatoms. The third-order valence-electron chi connectivity index (χ3n) is 1.40. The molecule has 2 rings (SSSR count). The summed E-state index contributed by atoms with van der Waals surface area (Å²) in [5.74, 6) is 0.786. The average molecular weight is 197 g/mol. The van der Waals surface area contributed by atoms with Crippen molar-refractivity contribution in [1.82, 2.24) is 15.2 Å². The molecule has 0 saturated carbocycles. The molecule has 1 N–H and O–H groups in total. The van der Waals surface area contributed by atoms with Crippen LogP contribution in [0.15, 0.2) is 22.7 Å². The van der Waals surface area contributed by atoms with E-state index in [-0.39, 0.29) is 0 Å². The van der Waals surface area contributed by atoms with Crippen LogP contribution in [0, 0.1) is 0 Å². The van der Waals surface area contributed by atoms with E-state index >= 15 is 0 Å². The molecule has 0 spiro atoms. The monoisotopic (exact) mass is 197 g/mol. The highest BCUT2D eigenvalue weighted by molar-refractivity contribution is 7.98. The number of hydrogen-bond donors (Lipinski definition) is 1. The molecule has 12 heavy (non-hydrogen) atoms. The summed E-state index contributed by atoms with van der Waals surface area (Å²) in [6.45, 7) is 0. The van der Waals surface area contributed by atoms with E-state index in [1.165, 1.54) is 0 Å². The van der Waals surface area contributed by atoms with Gasteiger partial charge in [0.25, 0.3) is 0 Å². The third-order valence-corrected chi connectivity index (χ3v) is 2.83. The highest BCUT2D eigenvalue weighted by Gasteiger charge is 2.04. The summed E-state index contributed by atoms with van der Waals surface area (Å²) >= 11 is 3.21. The number of nitrogens with one attached hydrogen (secondary N) is 1. The van der Waals surface area contributed by atoms with Gasteiger partial charge in [0.05, 0.1) is 4.88 Å². The second-order valence-electron chi connectivity index (χ2n) is 2.15. The molecule has 0 amide bonds. The van der Waals surface area contributed by atoms with Gasteiger partial charge in [-0.2, -0.15) is 5.10 Å². The van der Waals surface area contributed by atoms with Crippen LogP contribution in [0.5, 0.6) is 0 Å². The molecule has 0 aliphatic carbocycles. The molecule has 3 nitrogen and oxygen atoms in total. The molecular formula is C7H7N3S2. The molecule has 2 heterocycles. The number of thiophene rings is 1. The van der Waals surface area contributed by atoms with Gasteiger partial charge in [-0.1, -0.05) is 17.8 Å². The molecule has 2 aromatic heterocycles. The van der Waals surface area contributed by atoms with Gasteiger partial charge < -0.3 is 0 Å². The second-order valence-corrected chi connectivity index (χ2v) is 3.89. The van der Waals surface area contributed by atoms with E-state index < -0.39 is 0 Å². The summed E-state index contributed by atoms with van der Waals surface area (Å²) in [5.41, 5.74) is 0. The van der Waals surface area contributed by atoms with Gasteiger partial charge >= 0.3 is 0 Å². The van der Waals surface area contributed by atoms with Gasteiger partial charge in [-0.05, 0) is 17.7 Å². The van der Waals surface area contributed by atoms with Crippen LogP contribution in [0.4, 0.5) is 0 Å². The number of rotatable bonds is 2. The fourth-order valence-electron chi connectivity index (χ4n) is 0.854. The van der Waals surface area contributed by atoms with Crippen LogP contribution in [0.25, 0.3) is 10.7 Å². The summed E-state index contributed by atoms with van der Waals surface area (Å²) < 4.78 is 0. The van der Waals surface area contributed by atoms with E-state index in [2.05, 4.69) is 15.2 Å². The van der Waals surface area contributed by atoms with Gasteiger partial charge in [0, 0.05) is 0 Å².